The van der Waals surface area contributed by atoms with Crippen LogP contribution >= 0.6 is 111 Å². The van der Waals surface area contributed by atoms with Gasteiger partial charge in [0.25, 0.3) is 0 Å². The van der Waals surface area contributed by atoms with Gasteiger partial charge in [-0.05, 0) is 220 Å². The summed E-state index contributed by atoms with van der Waals surface area (Å²) in [5.74, 6) is 2.42. The highest BCUT2D eigenvalue weighted by molar-refractivity contribution is 9.11. The minimum absolute atomic E-state index is 0. The average Bonchev–Trinajstić information content (AvgIpc) is 0.716. The summed E-state index contributed by atoms with van der Waals surface area (Å²) in [5, 5.41) is 20.3. The summed E-state index contributed by atoms with van der Waals surface area (Å²) in [7, 11) is 0. The largest absolute Gasteiger partial charge is 0.478 e. The molecule has 4 heterocycles. The Labute approximate surface area is 670 Å². The van der Waals surface area contributed by atoms with Gasteiger partial charge in [0.05, 0.1) is 11.2 Å². The number of carboxylic acids is 1. The molecular weight excluding hydrogens is 1570 g/mol. The normalized spacial score (nSPS) is 22.6. The molecule has 0 saturated heterocycles. The number of aromatic carboxylic acids is 1. The first-order valence-electron chi connectivity index (χ1n) is 35.2. The second-order valence-electron chi connectivity index (χ2n) is 29.1. The predicted molar refractivity (Wildman–Crippen MR) is 475 cm³/mol. The molecule has 0 fully saturated rings. The number of rotatable bonds is 1. The van der Waals surface area contributed by atoms with Gasteiger partial charge in [0.1, 0.15) is 0 Å². The lowest BCUT2D eigenvalue weighted by Crippen LogP contribution is -2.52. The third kappa shape index (κ3) is 22.8. The van der Waals surface area contributed by atoms with Crippen molar-refractivity contribution in [3.05, 3.63) is 145 Å². The second-order valence-corrected chi connectivity index (χ2v) is 39.3. The van der Waals surface area contributed by atoms with E-state index in [9.17, 15) is 19.8 Å². The molecule has 0 saturated carbocycles. The van der Waals surface area contributed by atoms with Gasteiger partial charge in [-0.1, -0.05) is 287 Å². The molecule has 0 radical (unpaired) electrons. The number of carbonyl (C=O) groups is 2. The van der Waals surface area contributed by atoms with E-state index >= 15 is 0 Å². The zero-order chi connectivity index (χ0) is 74.8. The Balaban J connectivity index is -0.000000360. The summed E-state index contributed by atoms with van der Waals surface area (Å²) in [6.07, 6.45) is 1.000. The maximum Gasteiger partial charge on any atom is 0.335 e. The number of aliphatic hydroxyl groups is 1. The fourth-order valence-corrected chi connectivity index (χ4v) is 20.9. The molecule has 576 valence electrons. The molecule has 7 unspecified atom stereocenters. The summed E-state index contributed by atoms with van der Waals surface area (Å²) in [5.41, 5.74) is 13.5. The number of benzene rings is 5. The van der Waals surface area contributed by atoms with Gasteiger partial charge in [0.2, 0.25) is 0 Å². The lowest BCUT2D eigenvalue weighted by atomic mass is 9.47. The Morgan fingerprint density at radius 2 is 0.760 bits per heavy atom. The van der Waals surface area contributed by atoms with E-state index in [1.807, 2.05) is 162 Å². The topological polar surface area (TPSA) is 74.6 Å². The van der Waals surface area contributed by atoms with Gasteiger partial charge in [-0.15, -0.1) is 47.0 Å². The highest BCUT2D eigenvalue weighted by Crippen LogP contribution is 2.60. The molecule has 5 aromatic carbocycles. The standard InChI is InChI=1S/C18H26O2.C14H19BrOS.2C14H19BrS.C13H15BrOS.5C2H6.5CH4/c1-11-13(15(19)20)9-8-12-10-16(2,3)18(6,7)17(4,5)14(11)12;1-8-10(15)6-7-11-12(8)14(5,16)9(2)13(3,4)17-11;2*1-8-10(3)14(4,5)16-12-7-6-11(15)9(2)13(8)12;1-7-9(14)5-6-10-11(7)12(15)8(2)13(3,4)16-10;5*1-2;;;;;/h8-9H,10H2,1-7H3,(H,19,20);6-7,9,16H,1-5H3;2*6-8,10H,1-5H3;5-6,8H,1-4H3;5*1-2H3;5*1H4. The Bertz CT molecular complexity index is 3310. The fraction of sp³-hybridized carbons (Fsp3) is 0.636. The second kappa shape index (κ2) is 42.9. The minimum Gasteiger partial charge on any atom is -0.478 e. The van der Waals surface area contributed by atoms with E-state index in [0.29, 0.717) is 38.7 Å². The van der Waals surface area contributed by atoms with Crippen LogP contribution in [0.25, 0.3) is 0 Å². The molecule has 100 heavy (non-hydrogen) atoms. The monoisotopic (exact) mass is 1710 g/mol. The Morgan fingerprint density at radius 1 is 0.430 bits per heavy atom. The van der Waals surface area contributed by atoms with Gasteiger partial charge < -0.3 is 10.2 Å². The SMILES string of the molecule is C.C.C.C.C.CC.CC.CC.CC.CC.Cc1c(Br)ccc2c1C(=O)C(C)C(C)(C)S2.Cc1c(Br)ccc2c1C(C)(O)C(C)C(C)(C)S2.Cc1c(Br)ccc2c1C(C)C(C)C(C)(C)S2.Cc1c(Br)ccc2c1C(C)C(C)C(C)(C)S2.Cc1c(C(=O)O)ccc2c1C(C)(C)C(C)(C)C(C)(C)C2. The summed E-state index contributed by atoms with van der Waals surface area (Å²) in [6.45, 7) is 78.0. The number of halogens is 4. The van der Waals surface area contributed by atoms with Crippen molar-refractivity contribution in [1.82, 2.24) is 0 Å². The van der Waals surface area contributed by atoms with Crippen molar-refractivity contribution < 1.29 is 19.8 Å². The number of hydrogen-bond donors (Lipinski definition) is 2. The number of fused-ring (bicyclic) bond motifs is 5. The van der Waals surface area contributed by atoms with Crippen molar-refractivity contribution in [3.63, 3.8) is 0 Å². The first-order valence-corrected chi connectivity index (χ1v) is 41.6. The molecule has 4 nitrogen and oxygen atoms in total. The first kappa shape index (κ1) is 107. The van der Waals surface area contributed by atoms with Crippen LogP contribution in [0.3, 0.4) is 0 Å². The maximum atomic E-state index is 12.4. The first-order chi connectivity index (χ1) is 43.6. The molecule has 5 aromatic rings. The van der Waals surface area contributed by atoms with Crippen molar-refractivity contribution in [3.8, 4) is 0 Å². The molecule has 4 aliphatic heterocycles. The van der Waals surface area contributed by atoms with E-state index in [-0.39, 0.29) is 80.5 Å². The highest BCUT2D eigenvalue weighted by Gasteiger charge is 2.54. The molecular formula is C88H148Br4O4S4. The minimum atomic E-state index is -0.830. The molecule has 0 aromatic heterocycles. The van der Waals surface area contributed by atoms with E-state index in [4.69, 9.17) is 0 Å². The molecule has 0 bridgehead atoms. The van der Waals surface area contributed by atoms with Crippen LogP contribution in [0, 0.1) is 69.1 Å². The summed E-state index contributed by atoms with van der Waals surface area (Å²) in [6, 6.07) is 20.9. The van der Waals surface area contributed by atoms with Crippen LogP contribution in [0.15, 0.2) is 98.1 Å². The zero-order valence-electron chi connectivity index (χ0n) is 65.8. The van der Waals surface area contributed by atoms with Crippen LogP contribution in [-0.4, -0.2) is 41.0 Å². The summed E-state index contributed by atoms with van der Waals surface area (Å²) in [4.78, 5) is 29.0. The Morgan fingerprint density at radius 3 is 1.14 bits per heavy atom. The van der Waals surface area contributed by atoms with Crippen LogP contribution < -0.4 is 0 Å². The van der Waals surface area contributed by atoms with Crippen LogP contribution in [0.1, 0.15) is 340 Å². The molecule has 2 N–H and O–H groups in total. The summed E-state index contributed by atoms with van der Waals surface area (Å²) >= 11 is 22.1. The molecule has 10 rings (SSSR count). The van der Waals surface area contributed by atoms with E-state index in [2.05, 4.69) is 252 Å². The summed E-state index contributed by atoms with van der Waals surface area (Å²) < 4.78 is 5.30. The fourth-order valence-electron chi connectivity index (χ4n) is 13.6. The molecule has 12 heteroatoms. The molecule has 0 amide bonds. The van der Waals surface area contributed by atoms with Crippen molar-refractivity contribution in [1.29, 1.82) is 0 Å². The predicted octanol–water partition coefficient (Wildman–Crippen LogP) is 32.6. The number of Topliss-reactive ketones (excluding diaryl/α,β-unsaturated/α-hetero) is 1. The van der Waals surface area contributed by atoms with Crippen molar-refractivity contribution in [2.24, 2.45) is 34.5 Å². The highest BCUT2D eigenvalue weighted by atomic mass is 79.9. The number of carbonyl (C=O) groups excluding carboxylic acids is 1. The van der Waals surface area contributed by atoms with Crippen LogP contribution in [0.5, 0.6) is 0 Å². The molecule has 5 aliphatic rings. The number of hydrogen-bond acceptors (Lipinski definition) is 7. The third-order valence-electron chi connectivity index (χ3n) is 22.0. The van der Waals surface area contributed by atoms with Gasteiger partial charge in [-0.25, -0.2) is 4.79 Å². The van der Waals surface area contributed by atoms with Crippen molar-refractivity contribution in [2.75, 3.05) is 0 Å². The molecule has 7 atom stereocenters. The third-order valence-corrected chi connectivity index (χ3v) is 31.3. The van der Waals surface area contributed by atoms with Crippen molar-refractivity contribution >= 4 is 123 Å². The van der Waals surface area contributed by atoms with Crippen molar-refractivity contribution in [2.45, 2.75) is 354 Å². The van der Waals surface area contributed by atoms with E-state index in [0.717, 1.165) is 48.1 Å². The Kier molecular flexibility index (Phi) is 46.0. The van der Waals surface area contributed by atoms with Gasteiger partial charge in [-0.2, -0.15) is 0 Å². The smallest absolute Gasteiger partial charge is 0.335 e. The van der Waals surface area contributed by atoms with Crippen LogP contribution in [0.2, 0.25) is 0 Å². The van der Waals surface area contributed by atoms with E-state index < -0.39 is 11.6 Å². The zero-order valence-corrected chi connectivity index (χ0v) is 75.4. The van der Waals surface area contributed by atoms with Gasteiger partial charge in [-0.3, -0.25) is 4.79 Å². The number of ketones is 1. The van der Waals surface area contributed by atoms with E-state index in [1.165, 1.54) is 45.9 Å². The maximum absolute atomic E-state index is 12.4. The van der Waals surface area contributed by atoms with Crippen LogP contribution in [0.4, 0.5) is 0 Å². The van der Waals surface area contributed by atoms with Gasteiger partial charge in [0.15, 0.2) is 5.78 Å². The lowest BCUT2D eigenvalue weighted by Gasteiger charge is -2.57. The lowest BCUT2D eigenvalue weighted by molar-refractivity contribution is -0.0165. The van der Waals surface area contributed by atoms with Gasteiger partial charge >= 0.3 is 5.97 Å². The Hall–Kier alpha value is -1.48. The van der Waals surface area contributed by atoms with E-state index in [1.54, 1.807) is 17.2 Å². The molecule has 0 spiro atoms. The number of thioether (sulfide) groups is 4. The quantitative estimate of drug-likeness (QED) is 0.172. The molecule has 1 aliphatic carbocycles. The van der Waals surface area contributed by atoms with Gasteiger partial charge in [0, 0.05) is 79.4 Å². The van der Waals surface area contributed by atoms with Crippen LogP contribution in [-0.2, 0) is 17.4 Å². The number of carboxylic acid groups (broad SMARTS) is 1. The average molecular weight is 1720 g/mol.